The largest absolute Gasteiger partial charge is 0.458 e. The second kappa shape index (κ2) is 7.02. The van der Waals surface area contributed by atoms with Gasteiger partial charge in [-0.1, -0.05) is 22.9 Å². The maximum atomic E-state index is 12.3. The van der Waals surface area contributed by atoms with Crippen molar-refractivity contribution in [1.29, 1.82) is 0 Å². The molecule has 7 unspecified atom stereocenters. The Balaban J connectivity index is 1.62. The summed E-state index contributed by atoms with van der Waals surface area (Å²) in [6.07, 6.45) is 2.15. The van der Waals surface area contributed by atoms with Crippen LogP contribution in [0, 0.1) is 17.8 Å². The summed E-state index contributed by atoms with van der Waals surface area (Å²) in [4.78, 5) is 35.7. The molecule has 7 atom stereocenters. The summed E-state index contributed by atoms with van der Waals surface area (Å²) in [7, 11) is 0. The minimum Gasteiger partial charge on any atom is -0.458 e. The van der Waals surface area contributed by atoms with Crippen LogP contribution < -0.4 is 0 Å². The van der Waals surface area contributed by atoms with Crippen molar-refractivity contribution in [2.24, 2.45) is 17.8 Å². The fourth-order valence-corrected chi connectivity index (χ4v) is 4.24. The Bertz CT molecular complexity index is 535. The van der Waals surface area contributed by atoms with Crippen LogP contribution in [0.25, 0.3) is 0 Å². The molecule has 4 bridgehead atoms. The van der Waals surface area contributed by atoms with Crippen LogP contribution in [0.5, 0.6) is 0 Å². The highest BCUT2D eigenvalue weighted by Gasteiger charge is 2.52. The number of ether oxygens (including phenoxy) is 3. The molecule has 2 aliphatic carbocycles. The SMILES string of the molecule is CCC(Br)C(=O)OC(C)C(=O)OC1C2CC3CC(C2)C(=O)OC1C3. The number of hydrogen-bond donors (Lipinski definition) is 0. The molecule has 0 aromatic rings. The lowest BCUT2D eigenvalue weighted by atomic mass is 9.67. The molecule has 6 nitrogen and oxygen atoms in total. The summed E-state index contributed by atoms with van der Waals surface area (Å²) in [6, 6.07) is 0. The summed E-state index contributed by atoms with van der Waals surface area (Å²) in [5, 5.41) is 0. The van der Waals surface area contributed by atoms with Gasteiger partial charge in [0, 0.05) is 5.92 Å². The monoisotopic (exact) mass is 402 g/mol. The minimum atomic E-state index is -0.974. The normalized spacial score (nSPS) is 36.5. The molecular weight excluding hydrogens is 380 g/mol. The highest BCUT2D eigenvalue weighted by molar-refractivity contribution is 9.10. The second-order valence-corrected chi connectivity index (χ2v) is 8.20. The minimum absolute atomic E-state index is 0.0589. The predicted molar refractivity (Wildman–Crippen MR) is 87.3 cm³/mol. The summed E-state index contributed by atoms with van der Waals surface area (Å²) in [5.74, 6) is -0.630. The van der Waals surface area contributed by atoms with Gasteiger partial charge in [-0.05, 0) is 44.9 Å². The summed E-state index contributed by atoms with van der Waals surface area (Å²) >= 11 is 3.20. The molecule has 4 rings (SSSR count). The number of fused-ring (bicyclic) bond motifs is 1. The Morgan fingerprint density at radius 1 is 1.25 bits per heavy atom. The second-order valence-electron chi connectivity index (χ2n) is 7.10. The standard InChI is InChI=1S/C17H23BrO6/c1-3-12(18)17(21)22-8(2)15(19)24-14-10-4-9-5-11(7-10)16(20)23-13(14)6-9/h8-14H,3-7H2,1-2H3. The van der Waals surface area contributed by atoms with E-state index in [2.05, 4.69) is 15.9 Å². The molecule has 4 aliphatic rings. The van der Waals surface area contributed by atoms with Crippen LogP contribution in [0.4, 0.5) is 0 Å². The van der Waals surface area contributed by atoms with E-state index in [4.69, 9.17) is 14.2 Å². The Labute approximate surface area is 149 Å². The first-order chi connectivity index (χ1) is 11.4. The van der Waals surface area contributed by atoms with Crippen LogP contribution in [0.2, 0.25) is 0 Å². The average molecular weight is 403 g/mol. The molecule has 24 heavy (non-hydrogen) atoms. The number of rotatable bonds is 5. The fourth-order valence-electron chi connectivity index (χ4n) is 4.13. The van der Waals surface area contributed by atoms with Crippen molar-refractivity contribution in [2.45, 2.75) is 69.1 Å². The summed E-state index contributed by atoms with van der Waals surface area (Å²) in [6.45, 7) is 3.35. The quantitative estimate of drug-likeness (QED) is 0.399. The van der Waals surface area contributed by atoms with Crippen LogP contribution in [0.15, 0.2) is 0 Å². The molecule has 0 amide bonds. The van der Waals surface area contributed by atoms with E-state index in [1.54, 1.807) is 0 Å². The number of esters is 3. The fraction of sp³-hybridized carbons (Fsp3) is 0.824. The van der Waals surface area contributed by atoms with Crippen molar-refractivity contribution < 1.29 is 28.6 Å². The molecule has 134 valence electrons. The topological polar surface area (TPSA) is 78.9 Å². The molecule has 0 aromatic carbocycles. The van der Waals surface area contributed by atoms with Gasteiger partial charge in [0.2, 0.25) is 0 Å². The van der Waals surface area contributed by atoms with E-state index in [1.165, 1.54) is 6.92 Å². The molecular formula is C17H23BrO6. The summed E-state index contributed by atoms with van der Waals surface area (Å²) < 4.78 is 16.3. The van der Waals surface area contributed by atoms with Crippen LogP contribution in [-0.4, -0.2) is 41.0 Å². The molecule has 0 radical (unpaired) electrons. The highest BCUT2D eigenvalue weighted by atomic mass is 79.9. The molecule has 7 heteroatoms. The van der Waals surface area contributed by atoms with Crippen molar-refractivity contribution >= 4 is 33.8 Å². The van der Waals surface area contributed by atoms with E-state index in [0.717, 1.165) is 25.7 Å². The smallest absolute Gasteiger partial charge is 0.347 e. The van der Waals surface area contributed by atoms with Crippen LogP contribution in [0.3, 0.4) is 0 Å². The predicted octanol–water partition coefficient (Wildman–Crippen LogP) is 2.37. The van der Waals surface area contributed by atoms with Gasteiger partial charge in [0.25, 0.3) is 0 Å². The first-order valence-corrected chi connectivity index (χ1v) is 9.56. The zero-order valence-electron chi connectivity index (χ0n) is 13.9. The third kappa shape index (κ3) is 3.46. The van der Waals surface area contributed by atoms with Gasteiger partial charge in [0.1, 0.15) is 17.0 Å². The number of carbonyl (C=O) groups excluding carboxylic acids is 3. The Morgan fingerprint density at radius 2 is 2.00 bits per heavy atom. The first kappa shape index (κ1) is 17.7. The van der Waals surface area contributed by atoms with E-state index in [0.29, 0.717) is 12.3 Å². The lowest BCUT2D eigenvalue weighted by Crippen LogP contribution is -2.46. The average Bonchev–Trinajstić information content (AvgIpc) is 2.71. The van der Waals surface area contributed by atoms with E-state index < -0.39 is 29.0 Å². The lowest BCUT2D eigenvalue weighted by Gasteiger charge is -2.41. The van der Waals surface area contributed by atoms with Gasteiger partial charge in [-0.2, -0.15) is 0 Å². The molecule has 0 aromatic heterocycles. The van der Waals surface area contributed by atoms with Crippen molar-refractivity contribution in [1.82, 2.24) is 0 Å². The molecule has 0 spiro atoms. The van der Waals surface area contributed by atoms with E-state index in [9.17, 15) is 14.4 Å². The van der Waals surface area contributed by atoms with Gasteiger partial charge >= 0.3 is 17.9 Å². The summed E-state index contributed by atoms with van der Waals surface area (Å²) in [5.41, 5.74) is 0. The highest BCUT2D eigenvalue weighted by Crippen LogP contribution is 2.48. The van der Waals surface area contributed by atoms with Crippen molar-refractivity contribution in [3.63, 3.8) is 0 Å². The van der Waals surface area contributed by atoms with Crippen molar-refractivity contribution in [2.75, 3.05) is 0 Å². The van der Waals surface area contributed by atoms with E-state index in [-0.39, 0.29) is 23.9 Å². The maximum Gasteiger partial charge on any atom is 0.347 e. The van der Waals surface area contributed by atoms with E-state index in [1.807, 2.05) is 6.92 Å². The van der Waals surface area contributed by atoms with Gasteiger partial charge in [0.15, 0.2) is 6.10 Å². The zero-order valence-corrected chi connectivity index (χ0v) is 15.5. The Hall–Kier alpha value is -1.11. The van der Waals surface area contributed by atoms with Gasteiger partial charge in [-0.3, -0.25) is 9.59 Å². The van der Waals surface area contributed by atoms with Crippen molar-refractivity contribution in [3.8, 4) is 0 Å². The van der Waals surface area contributed by atoms with E-state index >= 15 is 0 Å². The Morgan fingerprint density at radius 3 is 2.71 bits per heavy atom. The Kier molecular flexibility index (Phi) is 5.18. The van der Waals surface area contributed by atoms with Gasteiger partial charge < -0.3 is 14.2 Å². The zero-order chi connectivity index (χ0) is 17.4. The number of alkyl halides is 1. The van der Waals surface area contributed by atoms with Crippen LogP contribution in [0.1, 0.15) is 46.0 Å². The lowest BCUT2D eigenvalue weighted by molar-refractivity contribution is -0.184. The molecule has 2 saturated heterocycles. The molecule has 4 fully saturated rings. The van der Waals surface area contributed by atoms with Gasteiger partial charge in [0.05, 0.1) is 5.92 Å². The third-order valence-corrected chi connectivity index (χ3v) is 6.35. The molecule has 2 heterocycles. The molecule has 0 N–H and O–H groups in total. The van der Waals surface area contributed by atoms with Crippen molar-refractivity contribution in [3.05, 3.63) is 0 Å². The van der Waals surface area contributed by atoms with Crippen LogP contribution in [-0.2, 0) is 28.6 Å². The van der Waals surface area contributed by atoms with Crippen LogP contribution >= 0.6 is 15.9 Å². The third-order valence-electron chi connectivity index (χ3n) is 5.33. The number of hydrogen-bond acceptors (Lipinski definition) is 6. The molecule has 2 aliphatic heterocycles. The number of carbonyl (C=O) groups is 3. The first-order valence-electron chi connectivity index (χ1n) is 8.64. The molecule has 2 saturated carbocycles. The van der Waals surface area contributed by atoms with Gasteiger partial charge in [-0.25, -0.2) is 4.79 Å². The van der Waals surface area contributed by atoms with Gasteiger partial charge in [-0.15, -0.1) is 0 Å². The number of halogens is 1. The maximum absolute atomic E-state index is 12.3.